The number of carboxylic acid groups (broad SMARTS) is 1. The molecule has 0 heterocycles. The summed E-state index contributed by atoms with van der Waals surface area (Å²) < 4.78 is 0. The zero-order valence-corrected chi connectivity index (χ0v) is 12.1. The van der Waals surface area contributed by atoms with Crippen LogP contribution in [0.4, 0.5) is 4.79 Å². The number of amides is 2. The molecule has 0 saturated heterocycles. The standard InChI is InChI=1S/C16H20N2O3/c1-16(14(19)20,12-6-7-12)18-15(21)17-13-8-10-4-2-3-5-11(10)9-13/h2-5,12-13H,6-9H2,1H3,(H,19,20)(H2,17,18,21). The fourth-order valence-corrected chi connectivity index (χ4v) is 3.11. The maximum Gasteiger partial charge on any atom is 0.329 e. The van der Waals surface area contributed by atoms with Crippen LogP contribution in [0.5, 0.6) is 0 Å². The molecule has 2 amide bonds. The molecule has 3 rings (SSSR count). The molecule has 0 aromatic heterocycles. The topological polar surface area (TPSA) is 78.4 Å². The Morgan fingerprint density at radius 2 is 1.76 bits per heavy atom. The van der Waals surface area contributed by atoms with Gasteiger partial charge in [0.1, 0.15) is 5.54 Å². The molecule has 1 aromatic carbocycles. The summed E-state index contributed by atoms with van der Waals surface area (Å²) in [5, 5.41) is 14.9. The molecule has 0 radical (unpaired) electrons. The largest absolute Gasteiger partial charge is 0.480 e. The molecule has 0 bridgehead atoms. The highest BCUT2D eigenvalue weighted by molar-refractivity contribution is 5.86. The summed E-state index contributed by atoms with van der Waals surface area (Å²) in [6.07, 6.45) is 3.32. The number of carbonyl (C=O) groups excluding carboxylic acids is 1. The van der Waals surface area contributed by atoms with Crippen molar-refractivity contribution in [3.05, 3.63) is 35.4 Å². The first kappa shape index (κ1) is 13.9. The van der Waals surface area contributed by atoms with Crippen molar-refractivity contribution in [3.8, 4) is 0 Å². The first-order valence-electron chi connectivity index (χ1n) is 7.38. The van der Waals surface area contributed by atoms with Gasteiger partial charge in [0.25, 0.3) is 0 Å². The molecular formula is C16H20N2O3. The number of nitrogens with one attached hydrogen (secondary N) is 2. The van der Waals surface area contributed by atoms with Crippen LogP contribution in [0.15, 0.2) is 24.3 Å². The fraction of sp³-hybridized carbons (Fsp3) is 0.500. The van der Waals surface area contributed by atoms with Crippen LogP contribution in [0, 0.1) is 5.92 Å². The smallest absolute Gasteiger partial charge is 0.329 e. The van der Waals surface area contributed by atoms with Crippen molar-refractivity contribution in [2.45, 2.75) is 44.2 Å². The number of aliphatic carboxylic acids is 1. The highest BCUT2D eigenvalue weighted by Crippen LogP contribution is 2.39. The Morgan fingerprint density at radius 1 is 1.19 bits per heavy atom. The van der Waals surface area contributed by atoms with E-state index in [0.29, 0.717) is 0 Å². The summed E-state index contributed by atoms with van der Waals surface area (Å²) in [4.78, 5) is 23.5. The van der Waals surface area contributed by atoms with Gasteiger partial charge in [-0.05, 0) is 49.7 Å². The maximum atomic E-state index is 12.1. The predicted molar refractivity (Wildman–Crippen MR) is 78.1 cm³/mol. The third-order valence-electron chi connectivity index (χ3n) is 4.60. The van der Waals surface area contributed by atoms with E-state index < -0.39 is 11.5 Å². The zero-order chi connectivity index (χ0) is 15.0. The Kier molecular flexibility index (Phi) is 3.35. The second kappa shape index (κ2) is 5.06. The normalized spacial score (nSPS) is 20.4. The summed E-state index contributed by atoms with van der Waals surface area (Å²) in [6, 6.07) is 7.79. The molecule has 0 aliphatic heterocycles. The minimum absolute atomic E-state index is 0.0413. The van der Waals surface area contributed by atoms with E-state index in [2.05, 4.69) is 22.8 Å². The van der Waals surface area contributed by atoms with Gasteiger partial charge in [-0.3, -0.25) is 0 Å². The highest BCUT2D eigenvalue weighted by atomic mass is 16.4. The van der Waals surface area contributed by atoms with Crippen LogP contribution in [0.3, 0.4) is 0 Å². The molecule has 5 heteroatoms. The number of hydrogen-bond donors (Lipinski definition) is 3. The molecule has 3 N–H and O–H groups in total. The molecule has 1 unspecified atom stereocenters. The predicted octanol–water partition coefficient (Wildman–Crippen LogP) is 1.71. The van der Waals surface area contributed by atoms with Crippen molar-refractivity contribution in [1.82, 2.24) is 10.6 Å². The minimum atomic E-state index is -1.16. The molecular weight excluding hydrogens is 268 g/mol. The van der Waals surface area contributed by atoms with E-state index in [1.807, 2.05) is 12.1 Å². The van der Waals surface area contributed by atoms with Crippen LogP contribution in [-0.2, 0) is 17.6 Å². The van der Waals surface area contributed by atoms with Gasteiger partial charge < -0.3 is 15.7 Å². The monoisotopic (exact) mass is 288 g/mol. The summed E-state index contributed by atoms with van der Waals surface area (Å²) in [7, 11) is 0. The third-order valence-corrected chi connectivity index (χ3v) is 4.60. The van der Waals surface area contributed by atoms with Crippen molar-refractivity contribution < 1.29 is 14.7 Å². The number of carboxylic acids is 1. The number of hydrogen-bond acceptors (Lipinski definition) is 2. The van der Waals surface area contributed by atoms with Crippen LogP contribution in [0.25, 0.3) is 0 Å². The SMILES string of the molecule is CC(NC(=O)NC1Cc2ccccc2C1)(C(=O)O)C1CC1. The summed E-state index contributed by atoms with van der Waals surface area (Å²) >= 11 is 0. The van der Waals surface area contributed by atoms with E-state index in [0.717, 1.165) is 25.7 Å². The van der Waals surface area contributed by atoms with E-state index >= 15 is 0 Å². The van der Waals surface area contributed by atoms with Gasteiger partial charge >= 0.3 is 12.0 Å². The van der Waals surface area contributed by atoms with Crippen LogP contribution in [0.2, 0.25) is 0 Å². The van der Waals surface area contributed by atoms with E-state index in [-0.39, 0.29) is 18.0 Å². The lowest BCUT2D eigenvalue weighted by atomic mass is 9.96. The molecule has 1 aromatic rings. The van der Waals surface area contributed by atoms with E-state index in [1.165, 1.54) is 11.1 Å². The lowest BCUT2D eigenvalue weighted by Gasteiger charge is -2.27. The Morgan fingerprint density at radius 3 is 2.24 bits per heavy atom. The number of urea groups is 1. The first-order valence-corrected chi connectivity index (χ1v) is 7.38. The van der Waals surface area contributed by atoms with Gasteiger partial charge in [-0.2, -0.15) is 0 Å². The Balaban J connectivity index is 1.59. The number of benzene rings is 1. The van der Waals surface area contributed by atoms with Gasteiger partial charge in [0.2, 0.25) is 0 Å². The molecule has 112 valence electrons. The average Bonchev–Trinajstić information content (AvgIpc) is 3.19. The number of fused-ring (bicyclic) bond motifs is 1. The van der Waals surface area contributed by atoms with Gasteiger partial charge in [-0.15, -0.1) is 0 Å². The summed E-state index contributed by atoms with van der Waals surface area (Å²) in [6.45, 7) is 1.59. The molecule has 5 nitrogen and oxygen atoms in total. The minimum Gasteiger partial charge on any atom is -0.480 e. The molecule has 0 spiro atoms. The molecule has 2 aliphatic carbocycles. The van der Waals surface area contributed by atoms with Gasteiger partial charge in [0.15, 0.2) is 0 Å². The van der Waals surface area contributed by atoms with Crippen LogP contribution in [0.1, 0.15) is 30.9 Å². The van der Waals surface area contributed by atoms with Gasteiger partial charge in [0.05, 0.1) is 0 Å². The van der Waals surface area contributed by atoms with Gasteiger partial charge in [-0.25, -0.2) is 9.59 Å². The Labute approximate surface area is 123 Å². The third kappa shape index (κ3) is 2.73. The van der Waals surface area contributed by atoms with Crippen molar-refractivity contribution in [1.29, 1.82) is 0 Å². The molecule has 21 heavy (non-hydrogen) atoms. The van der Waals surface area contributed by atoms with Crippen LogP contribution >= 0.6 is 0 Å². The molecule has 1 atom stereocenters. The Bertz CT molecular complexity index is 558. The quantitative estimate of drug-likeness (QED) is 0.789. The second-order valence-corrected chi connectivity index (χ2v) is 6.25. The molecule has 2 aliphatic rings. The average molecular weight is 288 g/mol. The fourth-order valence-electron chi connectivity index (χ4n) is 3.11. The van der Waals surface area contributed by atoms with Crippen molar-refractivity contribution in [2.75, 3.05) is 0 Å². The number of carbonyl (C=O) groups is 2. The van der Waals surface area contributed by atoms with E-state index in [4.69, 9.17) is 0 Å². The number of rotatable bonds is 4. The summed E-state index contributed by atoms with van der Waals surface area (Å²) in [5.41, 5.74) is 1.35. The van der Waals surface area contributed by atoms with Gasteiger partial charge in [-0.1, -0.05) is 24.3 Å². The lowest BCUT2D eigenvalue weighted by Crippen LogP contribution is -2.58. The lowest BCUT2D eigenvalue weighted by molar-refractivity contribution is -0.144. The van der Waals surface area contributed by atoms with Crippen LogP contribution in [-0.4, -0.2) is 28.7 Å². The van der Waals surface area contributed by atoms with E-state index in [1.54, 1.807) is 6.92 Å². The first-order chi connectivity index (χ1) is 9.99. The zero-order valence-electron chi connectivity index (χ0n) is 12.1. The van der Waals surface area contributed by atoms with E-state index in [9.17, 15) is 14.7 Å². The maximum absolute atomic E-state index is 12.1. The Hall–Kier alpha value is -2.04. The van der Waals surface area contributed by atoms with Crippen molar-refractivity contribution in [3.63, 3.8) is 0 Å². The van der Waals surface area contributed by atoms with Crippen molar-refractivity contribution in [2.24, 2.45) is 5.92 Å². The molecule has 1 saturated carbocycles. The second-order valence-electron chi connectivity index (χ2n) is 6.25. The molecule has 1 fully saturated rings. The van der Waals surface area contributed by atoms with Crippen molar-refractivity contribution >= 4 is 12.0 Å². The highest BCUT2D eigenvalue weighted by Gasteiger charge is 2.48. The summed E-state index contributed by atoms with van der Waals surface area (Å²) in [5.74, 6) is -0.920. The van der Waals surface area contributed by atoms with Crippen LogP contribution < -0.4 is 10.6 Å². The van der Waals surface area contributed by atoms with Gasteiger partial charge in [0, 0.05) is 6.04 Å².